The molecule has 1 saturated heterocycles. The van der Waals surface area contributed by atoms with Crippen LogP contribution in [0.25, 0.3) is 0 Å². The molecule has 0 N–H and O–H groups in total. The molecule has 190 valence electrons. The lowest BCUT2D eigenvalue weighted by Crippen LogP contribution is -2.50. The van der Waals surface area contributed by atoms with Gasteiger partial charge in [0, 0.05) is 68.7 Å². The summed E-state index contributed by atoms with van der Waals surface area (Å²) in [7, 11) is 1.83. The summed E-state index contributed by atoms with van der Waals surface area (Å²) in [6, 6.07) is 17.7. The van der Waals surface area contributed by atoms with Gasteiger partial charge in [0.25, 0.3) is 0 Å². The third-order valence-corrected chi connectivity index (χ3v) is 7.14. The molecule has 3 aromatic rings. The molecule has 2 atom stereocenters. The van der Waals surface area contributed by atoms with Crippen molar-refractivity contribution in [1.29, 1.82) is 0 Å². The first-order valence-electron chi connectivity index (χ1n) is 12.4. The Kier molecular flexibility index (Phi) is 8.80. The van der Waals surface area contributed by atoms with E-state index in [0.29, 0.717) is 32.5 Å². The molecule has 2 aromatic carbocycles. The molecule has 36 heavy (non-hydrogen) atoms. The maximum atomic E-state index is 13.2. The quantitative estimate of drug-likeness (QED) is 0.390. The summed E-state index contributed by atoms with van der Waals surface area (Å²) < 4.78 is 9.21. The standard InChI is InChI=1S/C28H33BrN4O3/c1-3-26-30-13-15-32(26)20-28(35)33-14-12-25(36-24-11-7-10-23(29)17-24)22(19-33)16-27(34)31(2)18-21-8-5-4-6-9-21/h4-11,13,15,17,22,25H,3,12,14,16,18-20H2,1-2H3/t22-,25-/m0/s1. The Bertz CT molecular complexity index is 1170. The predicted octanol–water partition coefficient (Wildman–Crippen LogP) is 4.55. The maximum absolute atomic E-state index is 13.2. The highest BCUT2D eigenvalue weighted by molar-refractivity contribution is 9.10. The summed E-state index contributed by atoms with van der Waals surface area (Å²) in [5.74, 6) is 1.63. The van der Waals surface area contributed by atoms with E-state index in [0.717, 1.165) is 28.0 Å². The van der Waals surface area contributed by atoms with Crippen LogP contribution in [0.1, 0.15) is 31.2 Å². The minimum atomic E-state index is -0.156. The summed E-state index contributed by atoms with van der Waals surface area (Å²) in [6.07, 6.45) is 5.18. The van der Waals surface area contributed by atoms with E-state index in [9.17, 15) is 9.59 Å². The van der Waals surface area contributed by atoms with E-state index in [1.807, 2.05) is 84.2 Å². The molecule has 2 heterocycles. The minimum Gasteiger partial charge on any atom is -0.490 e. The molecular formula is C28H33BrN4O3. The number of ether oxygens (including phenoxy) is 1. The Hall–Kier alpha value is -3.13. The molecule has 0 saturated carbocycles. The number of benzene rings is 2. The second kappa shape index (κ2) is 12.2. The highest BCUT2D eigenvalue weighted by Gasteiger charge is 2.35. The number of aryl methyl sites for hydroxylation is 1. The van der Waals surface area contributed by atoms with E-state index in [-0.39, 0.29) is 30.4 Å². The van der Waals surface area contributed by atoms with E-state index in [4.69, 9.17) is 4.74 Å². The van der Waals surface area contributed by atoms with Gasteiger partial charge in [-0.2, -0.15) is 0 Å². The first kappa shape index (κ1) is 25.9. The van der Waals surface area contributed by atoms with E-state index in [2.05, 4.69) is 20.9 Å². The molecule has 4 rings (SSSR count). The monoisotopic (exact) mass is 552 g/mol. The molecule has 7 nitrogen and oxygen atoms in total. The van der Waals surface area contributed by atoms with Crippen LogP contribution in [-0.2, 0) is 29.1 Å². The second-order valence-corrected chi connectivity index (χ2v) is 10.2. The zero-order valence-electron chi connectivity index (χ0n) is 20.8. The number of rotatable bonds is 9. The molecule has 0 bridgehead atoms. The van der Waals surface area contributed by atoms with Crippen molar-refractivity contribution < 1.29 is 14.3 Å². The average molecular weight is 554 g/mol. The summed E-state index contributed by atoms with van der Waals surface area (Å²) in [6.45, 7) is 3.92. The number of hydrogen-bond acceptors (Lipinski definition) is 4. The minimum absolute atomic E-state index is 0.0405. The average Bonchev–Trinajstić information content (AvgIpc) is 3.32. The third-order valence-electron chi connectivity index (χ3n) is 6.65. The van der Waals surface area contributed by atoms with Gasteiger partial charge in [-0.25, -0.2) is 4.98 Å². The van der Waals surface area contributed by atoms with Crippen LogP contribution in [0.3, 0.4) is 0 Å². The highest BCUT2D eigenvalue weighted by Crippen LogP contribution is 2.28. The zero-order chi connectivity index (χ0) is 25.5. The molecule has 8 heteroatoms. The summed E-state index contributed by atoms with van der Waals surface area (Å²) in [5.41, 5.74) is 1.09. The Labute approximate surface area is 221 Å². The highest BCUT2D eigenvalue weighted by atomic mass is 79.9. The van der Waals surface area contributed by atoms with Gasteiger partial charge in [-0.1, -0.05) is 59.3 Å². The fraction of sp³-hybridized carbons (Fsp3) is 0.393. The van der Waals surface area contributed by atoms with Crippen molar-refractivity contribution in [2.24, 2.45) is 5.92 Å². The molecule has 1 aliphatic rings. The van der Waals surface area contributed by atoms with Crippen molar-refractivity contribution in [2.45, 2.75) is 45.4 Å². The first-order valence-corrected chi connectivity index (χ1v) is 13.2. The number of amides is 2. The first-order chi connectivity index (χ1) is 17.4. The SMILES string of the molecule is CCc1nccn1CC(=O)N1CC[C@H](Oc2cccc(Br)c2)[C@@H](CC(=O)N(C)Cc2ccccc2)C1. The number of aromatic nitrogens is 2. The van der Waals surface area contributed by atoms with E-state index < -0.39 is 0 Å². The largest absolute Gasteiger partial charge is 0.490 e. The van der Waals surface area contributed by atoms with Crippen LogP contribution in [0, 0.1) is 5.92 Å². The normalized spacial score (nSPS) is 17.6. The van der Waals surface area contributed by atoms with Crippen LogP contribution >= 0.6 is 15.9 Å². The maximum Gasteiger partial charge on any atom is 0.242 e. The van der Waals surface area contributed by atoms with Crippen LogP contribution in [0.15, 0.2) is 71.5 Å². The van der Waals surface area contributed by atoms with Gasteiger partial charge in [-0.3, -0.25) is 9.59 Å². The molecule has 1 fully saturated rings. The van der Waals surface area contributed by atoms with Gasteiger partial charge in [0.05, 0.1) is 0 Å². The molecule has 0 radical (unpaired) electrons. The van der Waals surface area contributed by atoms with Gasteiger partial charge < -0.3 is 19.1 Å². The molecule has 1 aromatic heterocycles. The molecule has 2 amide bonds. The van der Waals surface area contributed by atoms with Crippen molar-refractivity contribution in [3.05, 3.63) is 82.9 Å². The smallest absolute Gasteiger partial charge is 0.242 e. The lowest BCUT2D eigenvalue weighted by Gasteiger charge is -2.39. The Morgan fingerprint density at radius 1 is 1.17 bits per heavy atom. The van der Waals surface area contributed by atoms with E-state index >= 15 is 0 Å². The van der Waals surface area contributed by atoms with Crippen LogP contribution in [0.2, 0.25) is 0 Å². The fourth-order valence-corrected chi connectivity index (χ4v) is 5.05. The van der Waals surface area contributed by atoms with Crippen molar-refractivity contribution in [3.8, 4) is 5.75 Å². The van der Waals surface area contributed by atoms with Gasteiger partial charge in [-0.15, -0.1) is 0 Å². The lowest BCUT2D eigenvalue weighted by molar-refractivity contribution is -0.139. The number of halogens is 1. The van der Waals surface area contributed by atoms with Gasteiger partial charge in [0.15, 0.2) is 0 Å². The van der Waals surface area contributed by atoms with Gasteiger partial charge in [0.2, 0.25) is 11.8 Å². The van der Waals surface area contributed by atoms with Gasteiger partial charge >= 0.3 is 0 Å². The molecular weight excluding hydrogens is 520 g/mol. The number of nitrogens with zero attached hydrogens (tertiary/aromatic N) is 4. The third kappa shape index (κ3) is 6.75. The van der Waals surface area contributed by atoms with Crippen LogP contribution < -0.4 is 4.74 Å². The summed E-state index contributed by atoms with van der Waals surface area (Å²) in [5, 5.41) is 0. The lowest BCUT2D eigenvalue weighted by atomic mass is 9.90. The number of carbonyl (C=O) groups excluding carboxylic acids is 2. The van der Waals surface area contributed by atoms with Crippen molar-refractivity contribution in [1.82, 2.24) is 19.4 Å². The van der Waals surface area contributed by atoms with Crippen LogP contribution in [-0.4, -0.2) is 57.4 Å². The topological polar surface area (TPSA) is 67.7 Å². The summed E-state index contributed by atoms with van der Waals surface area (Å²) in [4.78, 5) is 34.4. The van der Waals surface area contributed by atoms with E-state index in [1.165, 1.54) is 0 Å². The van der Waals surface area contributed by atoms with Crippen LogP contribution in [0.4, 0.5) is 0 Å². The Balaban J connectivity index is 1.46. The molecule has 0 aliphatic carbocycles. The fourth-order valence-electron chi connectivity index (χ4n) is 4.67. The second-order valence-electron chi connectivity index (χ2n) is 9.27. The van der Waals surface area contributed by atoms with Crippen LogP contribution in [0.5, 0.6) is 5.75 Å². The summed E-state index contributed by atoms with van der Waals surface area (Å²) >= 11 is 3.50. The van der Waals surface area contributed by atoms with Crippen molar-refractivity contribution in [2.75, 3.05) is 20.1 Å². The number of hydrogen-bond donors (Lipinski definition) is 0. The molecule has 0 spiro atoms. The number of likely N-dealkylation sites (tertiary alicyclic amines) is 1. The van der Waals surface area contributed by atoms with E-state index in [1.54, 1.807) is 11.1 Å². The zero-order valence-corrected chi connectivity index (χ0v) is 22.4. The number of carbonyl (C=O) groups is 2. The van der Waals surface area contributed by atoms with Crippen molar-refractivity contribution in [3.63, 3.8) is 0 Å². The predicted molar refractivity (Wildman–Crippen MR) is 142 cm³/mol. The van der Waals surface area contributed by atoms with Crippen molar-refractivity contribution >= 4 is 27.7 Å². The number of piperidine rings is 1. The molecule has 0 unspecified atom stereocenters. The van der Waals surface area contributed by atoms with Gasteiger partial charge in [-0.05, 0) is 23.8 Å². The Morgan fingerprint density at radius 2 is 1.97 bits per heavy atom. The van der Waals surface area contributed by atoms with Gasteiger partial charge in [0.1, 0.15) is 24.2 Å². The molecule has 1 aliphatic heterocycles. The Morgan fingerprint density at radius 3 is 2.72 bits per heavy atom. The number of imidazole rings is 1.